The Morgan fingerprint density at radius 3 is 1.62 bits per heavy atom. The Bertz CT molecular complexity index is 58.3. The van der Waals surface area contributed by atoms with Crippen LogP contribution >= 0.6 is 0 Å². The molecule has 0 aromatic carbocycles. The maximum absolute atomic E-state index is 8.89. The molecule has 0 rings (SSSR count). The van der Waals surface area contributed by atoms with Crippen molar-refractivity contribution < 1.29 is 34.2 Å². The molecule has 0 heterocycles. The van der Waals surface area contributed by atoms with E-state index in [0.29, 0.717) is 0 Å². The van der Waals surface area contributed by atoms with Crippen LogP contribution in [0.25, 0.3) is 0 Å². The van der Waals surface area contributed by atoms with Crippen LogP contribution in [0.4, 0.5) is 0 Å². The molecule has 8 heavy (non-hydrogen) atoms. The number of aliphatic carboxylic acids is 1. The van der Waals surface area contributed by atoms with Gasteiger partial charge < -0.3 is 14.7 Å². The van der Waals surface area contributed by atoms with Gasteiger partial charge in [0.1, 0.15) is 0 Å². The Kier molecular flexibility index (Phi) is 31.0. The fourth-order valence-corrected chi connectivity index (χ4v) is 0. The molecule has 0 radical (unpaired) electrons. The van der Waals surface area contributed by atoms with Crippen LogP contribution in [0.3, 0.4) is 0 Å². The van der Waals surface area contributed by atoms with Crippen molar-refractivity contribution in [2.24, 2.45) is 0 Å². The van der Waals surface area contributed by atoms with Gasteiger partial charge in [0.05, 0.1) is 0 Å². The smallest absolute Gasteiger partial charge is 0.550 e. The third-order valence-corrected chi connectivity index (χ3v) is 0. The van der Waals surface area contributed by atoms with E-state index >= 15 is 0 Å². The molecule has 0 saturated carbocycles. The SMILES string of the molecule is CC(=O)[O-].C[C-]=O.[Zn+2]. The summed E-state index contributed by atoms with van der Waals surface area (Å²) in [6, 6.07) is 0. The van der Waals surface area contributed by atoms with Crippen molar-refractivity contribution in [3.63, 3.8) is 0 Å². The molecule has 42 valence electrons. The molecule has 0 spiro atoms. The standard InChI is InChI=1S/C2H4O2.C2H3O.Zn/c1-2(3)4;1-2-3;/h1H3,(H,3,4);1H3;/q;-1;+2/p-1. The van der Waals surface area contributed by atoms with Gasteiger partial charge in [0.2, 0.25) is 0 Å². The second-order valence-corrected chi connectivity index (χ2v) is 0.696. The number of hydrogen-bond donors (Lipinski definition) is 0. The van der Waals surface area contributed by atoms with Crippen molar-refractivity contribution >= 4 is 12.3 Å². The van der Waals surface area contributed by atoms with Crippen molar-refractivity contribution in [3.05, 3.63) is 0 Å². The molecule has 0 aliphatic heterocycles. The summed E-state index contributed by atoms with van der Waals surface area (Å²) in [5.74, 6) is -1.08. The molecule has 0 aliphatic carbocycles. The summed E-state index contributed by atoms with van der Waals surface area (Å²) < 4.78 is 0. The summed E-state index contributed by atoms with van der Waals surface area (Å²) >= 11 is 0. The molecule has 0 N–H and O–H groups in total. The third kappa shape index (κ3) is 2340. The first-order valence-electron chi connectivity index (χ1n) is 1.61. The molecule has 0 unspecified atom stereocenters. The Morgan fingerprint density at radius 2 is 1.62 bits per heavy atom. The van der Waals surface area contributed by atoms with Gasteiger partial charge in [0, 0.05) is 5.97 Å². The predicted molar refractivity (Wildman–Crippen MR) is 22.0 cm³/mol. The van der Waals surface area contributed by atoms with E-state index in [2.05, 4.69) is 0 Å². The van der Waals surface area contributed by atoms with Gasteiger partial charge in [-0.25, -0.2) is 0 Å². The summed E-state index contributed by atoms with van der Waals surface area (Å²) in [4.78, 5) is 17.6. The van der Waals surface area contributed by atoms with Gasteiger partial charge in [-0.1, -0.05) is 0 Å². The molecule has 0 atom stereocenters. The first-order chi connectivity index (χ1) is 3.15. The molecule has 0 bridgehead atoms. The van der Waals surface area contributed by atoms with E-state index in [1.165, 1.54) is 13.2 Å². The van der Waals surface area contributed by atoms with Gasteiger partial charge in [0.15, 0.2) is 0 Å². The van der Waals surface area contributed by atoms with E-state index in [1.807, 2.05) is 0 Å². The van der Waals surface area contributed by atoms with E-state index in [9.17, 15) is 0 Å². The average molecular weight is 167 g/mol. The van der Waals surface area contributed by atoms with Crippen LogP contribution in [-0.2, 0) is 29.1 Å². The zero-order valence-electron chi connectivity index (χ0n) is 4.93. The van der Waals surface area contributed by atoms with Crippen molar-refractivity contribution in [2.45, 2.75) is 13.8 Å². The van der Waals surface area contributed by atoms with Gasteiger partial charge in [-0.3, -0.25) is 6.29 Å². The number of hydrogen-bond acceptors (Lipinski definition) is 3. The summed E-state index contributed by atoms with van der Waals surface area (Å²) in [5, 5.41) is 8.89. The molecule has 0 amide bonds. The zero-order chi connectivity index (χ0) is 6.28. The molecule has 4 heteroatoms. The first kappa shape index (κ1) is 15.7. The van der Waals surface area contributed by atoms with Gasteiger partial charge in [-0.2, -0.15) is 6.92 Å². The number of rotatable bonds is 0. The minimum Gasteiger partial charge on any atom is -0.550 e. The largest absolute Gasteiger partial charge is 2.00 e. The molecule has 3 nitrogen and oxygen atoms in total. The Hall–Kier alpha value is -0.237. The zero-order valence-corrected chi connectivity index (χ0v) is 7.90. The fraction of sp³-hybridized carbons (Fsp3) is 0.500. The van der Waals surface area contributed by atoms with Crippen LogP contribution in [-0.4, -0.2) is 12.3 Å². The first-order valence-corrected chi connectivity index (χ1v) is 1.61. The van der Waals surface area contributed by atoms with Crippen LogP contribution in [0.5, 0.6) is 0 Å². The second-order valence-electron chi connectivity index (χ2n) is 0.696. The molecule has 0 fully saturated rings. The van der Waals surface area contributed by atoms with Crippen molar-refractivity contribution in [1.82, 2.24) is 0 Å². The Balaban J connectivity index is -0.0000000575. The van der Waals surface area contributed by atoms with Crippen LogP contribution < -0.4 is 5.11 Å². The molecule has 0 saturated heterocycles. The van der Waals surface area contributed by atoms with Gasteiger partial charge in [-0.05, 0) is 6.92 Å². The Labute approximate surface area is 60.8 Å². The van der Waals surface area contributed by atoms with Crippen LogP contribution in [0.1, 0.15) is 13.8 Å². The minimum atomic E-state index is -1.08. The maximum atomic E-state index is 8.89. The minimum absolute atomic E-state index is 0. The molecular weight excluding hydrogens is 161 g/mol. The second kappa shape index (κ2) is 15.9. The number of carbonyl (C=O) groups excluding carboxylic acids is 2. The summed E-state index contributed by atoms with van der Waals surface area (Å²) in [5.41, 5.74) is 0. The van der Waals surface area contributed by atoms with Crippen molar-refractivity contribution in [2.75, 3.05) is 0 Å². The predicted octanol–water partition coefficient (Wildman–Crippen LogP) is -1.13. The van der Waals surface area contributed by atoms with Gasteiger partial charge in [-0.15, -0.1) is 0 Å². The van der Waals surface area contributed by atoms with Crippen molar-refractivity contribution in [3.8, 4) is 0 Å². The molecule has 0 aromatic rings. The van der Waals surface area contributed by atoms with Crippen LogP contribution in [0, 0.1) is 0 Å². The maximum Gasteiger partial charge on any atom is 2.00 e. The summed E-state index contributed by atoms with van der Waals surface area (Å²) in [6.07, 6.45) is 1.50. The van der Waals surface area contributed by atoms with E-state index in [1.54, 1.807) is 0 Å². The monoisotopic (exact) mass is 166 g/mol. The summed E-state index contributed by atoms with van der Waals surface area (Å²) in [7, 11) is 0. The molecule has 0 aliphatic rings. The topological polar surface area (TPSA) is 57.2 Å². The van der Waals surface area contributed by atoms with Crippen molar-refractivity contribution in [1.29, 1.82) is 0 Å². The van der Waals surface area contributed by atoms with Crippen LogP contribution in [0.15, 0.2) is 0 Å². The number of carbonyl (C=O) groups is 1. The van der Waals surface area contributed by atoms with E-state index in [4.69, 9.17) is 14.7 Å². The molecule has 0 aromatic heterocycles. The van der Waals surface area contributed by atoms with Crippen LogP contribution in [0.2, 0.25) is 0 Å². The third-order valence-electron chi connectivity index (χ3n) is 0. The average Bonchev–Trinajstić information content (AvgIpc) is 1.33. The van der Waals surface area contributed by atoms with E-state index in [0.717, 1.165) is 6.92 Å². The number of carboxylic acid groups (broad SMARTS) is 1. The van der Waals surface area contributed by atoms with E-state index in [-0.39, 0.29) is 19.5 Å². The quantitative estimate of drug-likeness (QED) is 0.339. The number of carboxylic acids is 1. The van der Waals surface area contributed by atoms with E-state index < -0.39 is 5.97 Å². The molecular formula is C4H6O3Zn. The summed E-state index contributed by atoms with van der Waals surface area (Å²) in [6.45, 7) is 2.29. The Morgan fingerprint density at radius 1 is 1.62 bits per heavy atom. The normalized spacial score (nSPS) is 4.75. The fourth-order valence-electron chi connectivity index (χ4n) is 0. The van der Waals surface area contributed by atoms with Gasteiger partial charge in [0.25, 0.3) is 0 Å². The van der Waals surface area contributed by atoms with Gasteiger partial charge >= 0.3 is 19.5 Å².